The normalized spacial score (nSPS) is 17.4. The second-order valence-corrected chi connectivity index (χ2v) is 5.59. The Morgan fingerprint density at radius 1 is 1.33 bits per heavy atom. The number of piperazine rings is 1. The first kappa shape index (κ1) is 16.2. The van der Waals surface area contributed by atoms with Crippen molar-refractivity contribution in [2.24, 2.45) is 0 Å². The highest BCUT2D eigenvalue weighted by molar-refractivity contribution is 6.30. The summed E-state index contributed by atoms with van der Waals surface area (Å²) in [6, 6.07) is 7.15. The Balaban J connectivity index is 1.89. The van der Waals surface area contributed by atoms with Gasteiger partial charge < -0.3 is 15.7 Å². The smallest absolute Gasteiger partial charge is 0.237 e. The second kappa shape index (κ2) is 8.34. The van der Waals surface area contributed by atoms with Crippen LogP contribution in [0, 0.1) is 0 Å². The van der Waals surface area contributed by atoms with Gasteiger partial charge in [-0.15, -0.1) is 0 Å². The molecule has 1 aliphatic rings. The van der Waals surface area contributed by atoms with E-state index in [0.717, 1.165) is 31.7 Å². The van der Waals surface area contributed by atoms with E-state index < -0.39 is 0 Å². The number of nitrogens with one attached hydrogen (secondary N) is 2. The quantitative estimate of drug-likeness (QED) is 0.720. The van der Waals surface area contributed by atoms with E-state index in [4.69, 9.17) is 11.6 Å². The fourth-order valence-electron chi connectivity index (χ4n) is 2.50. The molecule has 1 aliphatic heterocycles. The molecule has 0 bridgehead atoms. The number of amides is 1. The van der Waals surface area contributed by atoms with Crippen LogP contribution in [0.15, 0.2) is 24.3 Å². The number of benzene rings is 1. The summed E-state index contributed by atoms with van der Waals surface area (Å²) in [6.45, 7) is 3.92. The van der Waals surface area contributed by atoms with Gasteiger partial charge in [-0.1, -0.05) is 23.7 Å². The van der Waals surface area contributed by atoms with Gasteiger partial charge in [-0.3, -0.25) is 9.69 Å². The molecule has 1 heterocycles. The Bertz CT molecular complexity index is 447. The fraction of sp³-hybridized carbons (Fsp3) is 0.533. The van der Waals surface area contributed by atoms with Gasteiger partial charge in [0.25, 0.3) is 0 Å². The first-order valence-corrected chi connectivity index (χ1v) is 7.66. The molecular weight excluding hydrogens is 290 g/mol. The van der Waals surface area contributed by atoms with E-state index in [2.05, 4.69) is 15.5 Å². The van der Waals surface area contributed by atoms with Crippen LogP contribution in [0.25, 0.3) is 0 Å². The number of carbonyl (C=O) groups is 1. The molecular formula is C15H22ClN3O2. The number of aliphatic hydroxyl groups is 1. The van der Waals surface area contributed by atoms with E-state index in [9.17, 15) is 9.90 Å². The van der Waals surface area contributed by atoms with Crippen LogP contribution in [0.2, 0.25) is 5.02 Å². The van der Waals surface area contributed by atoms with Gasteiger partial charge in [-0.25, -0.2) is 0 Å². The molecule has 6 heteroatoms. The molecule has 3 N–H and O–H groups in total. The van der Waals surface area contributed by atoms with Crippen molar-refractivity contribution in [1.82, 2.24) is 15.5 Å². The topological polar surface area (TPSA) is 64.6 Å². The molecule has 0 aromatic heterocycles. The molecule has 116 valence electrons. The summed E-state index contributed by atoms with van der Waals surface area (Å²) in [4.78, 5) is 14.5. The zero-order valence-corrected chi connectivity index (χ0v) is 12.8. The molecule has 0 spiro atoms. The summed E-state index contributed by atoms with van der Waals surface area (Å²) in [5, 5.41) is 16.1. The predicted molar refractivity (Wildman–Crippen MR) is 83.2 cm³/mol. The standard InChI is InChI=1S/C15H22ClN3O2/c16-13-3-1-12(2-4-13)11-18-15(21)14(5-10-20)19-8-6-17-7-9-19/h1-4,14,17,20H,5-11H2,(H,18,21). The molecule has 1 aromatic rings. The molecule has 21 heavy (non-hydrogen) atoms. The van der Waals surface area contributed by atoms with Crippen LogP contribution in [0.1, 0.15) is 12.0 Å². The first-order chi connectivity index (χ1) is 10.2. The Labute approximate surface area is 130 Å². The third-order valence-electron chi connectivity index (χ3n) is 3.68. The molecule has 0 aliphatic carbocycles. The van der Waals surface area contributed by atoms with Crippen molar-refractivity contribution in [3.63, 3.8) is 0 Å². The van der Waals surface area contributed by atoms with Crippen LogP contribution in [-0.4, -0.2) is 54.7 Å². The van der Waals surface area contributed by atoms with E-state index in [1.807, 2.05) is 24.3 Å². The third kappa shape index (κ3) is 4.97. The minimum atomic E-state index is -0.260. The van der Waals surface area contributed by atoms with Crippen LogP contribution in [-0.2, 0) is 11.3 Å². The zero-order valence-electron chi connectivity index (χ0n) is 12.0. The van der Waals surface area contributed by atoms with Crippen LogP contribution < -0.4 is 10.6 Å². The molecule has 2 rings (SSSR count). The van der Waals surface area contributed by atoms with Gasteiger partial charge in [0.1, 0.15) is 0 Å². The second-order valence-electron chi connectivity index (χ2n) is 5.16. The van der Waals surface area contributed by atoms with Crippen molar-refractivity contribution in [3.05, 3.63) is 34.9 Å². The number of hydrogen-bond acceptors (Lipinski definition) is 4. The van der Waals surface area contributed by atoms with E-state index in [-0.39, 0.29) is 18.6 Å². The number of halogens is 1. The summed E-state index contributed by atoms with van der Waals surface area (Å²) in [7, 11) is 0. The lowest BCUT2D eigenvalue weighted by atomic mass is 10.1. The Hall–Kier alpha value is -1.14. The maximum absolute atomic E-state index is 12.4. The highest BCUT2D eigenvalue weighted by Gasteiger charge is 2.26. The van der Waals surface area contributed by atoms with Crippen LogP contribution in [0.5, 0.6) is 0 Å². The molecule has 1 amide bonds. The van der Waals surface area contributed by atoms with Crippen molar-refractivity contribution in [3.8, 4) is 0 Å². The number of nitrogens with zero attached hydrogens (tertiary/aromatic N) is 1. The lowest BCUT2D eigenvalue weighted by molar-refractivity contribution is -0.127. The Morgan fingerprint density at radius 2 is 2.00 bits per heavy atom. The van der Waals surface area contributed by atoms with Crippen molar-refractivity contribution in [2.45, 2.75) is 19.0 Å². The monoisotopic (exact) mass is 311 g/mol. The van der Waals surface area contributed by atoms with Gasteiger partial charge in [-0.2, -0.15) is 0 Å². The van der Waals surface area contributed by atoms with Crippen molar-refractivity contribution >= 4 is 17.5 Å². The molecule has 1 saturated heterocycles. The Kier molecular flexibility index (Phi) is 6.45. The van der Waals surface area contributed by atoms with E-state index >= 15 is 0 Å². The average Bonchev–Trinajstić information content (AvgIpc) is 2.52. The molecule has 0 saturated carbocycles. The van der Waals surface area contributed by atoms with Crippen LogP contribution in [0.3, 0.4) is 0 Å². The van der Waals surface area contributed by atoms with E-state index in [1.54, 1.807) is 0 Å². The number of aliphatic hydroxyl groups excluding tert-OH is 1. The van der Waals surface area contributed by atoms with Crippen LogP contribution in [0.4, 0.5) is 0 Å². The van der Waals surface area contributed by atoms with Gasteiger partial charge in [0.2, 0.25) is 5.91 Å². The number of rotatable bonds is 6. The minimum absolute atomic E-state index is 0.0168. The third-order valence-corrected chi connectivity index (χ3v) is 3.93. The predicted octanol–water partition coefficient (Wildman–Crippen LogP) is 0.612. The molecule has 1 aromatic carbocycles. The summed E-state index contributed by atoms with van der Waals surface area (Å²) >= 11 is 5.84. The largest absolute Gasteiger partial charge is 0.396 e. The molecule has 1 fully saturated rings. The Morgan fingerprint density at radius 3 is 2.62 bits per heavy atom. The van der Waals surface area contributed by atoms with Gasteiger partial charge in [0, 0.05) is 44.4 Å². The maximum atomic E-state index is 12.4. The van der Waals surface area contributed by atoms with Crippen molar-refractivity contribution in [2.75, 3.05) is 32.8 Å². The number of carbonyl (C=O) groups excluding carboxylic acids is 1. The average molecular weight is 312 g/mol. The highest BCUT2D eigenvalue weighted by atomic mass is 35.5. The molecule has 1 atom stereocenters. The van der Waals surface area contributed by atoms with Gasteiger partial charge in [0.15, 0.2) is 0 Å². The van der Waals surface area contributed by atoms with Crippen molar-refractivity contribution in [1.29, 1.82) is 0 Å². The highest BCUT2D eigenvalue weighted by Crippen LogP contribution is 2.10. The van der Waals surface area contributed by atoms with Gasteiger partial charge in [-0.05, 0) is 24.1 Å². The first-order valence-electron chi connectivity index (χ1n) is 7.28. The molecule has 0 radical (unpaired) electrons. The van der Waals surface area contributed by atoms with E-state index in [1.165, 1.54) is 0 Å². The minimum Gasteiger partial charge on any atom is -0.396 e. The lowest BCUT2D eigenvalue weighted by Gasteiger charge is -2.33. The van der Waals surface area contributed by atoms with Crippen LogP contribution >= 0.6 is 11.6 Å². The summed E-state index contributed by atoms with van der Waals surface area (Å²) < 4.78 is 0. The summed E-state index contributed by atoms with van der Waals surface area (Å²) in [6.07, 6.45) is 0.465. The SMILES string of the molecule is O=C(NCc1ccc(Cl)cc1)C(CCO)N1CCNCC1. The summed E-state index contributed by atoms with van der Waals surface area (Å²) in [5.74, 6) is -0.0269. The summed E-state index contributed by atoms with van der Waals surface area (Å²) in [5.41, 5.74) is 1.01. The van der Waals surface area contributed by atoms with Gasteiger partial charge >= 0.3 is 0 Å². The van der Waals surface area contributed by atoms with E-state index in [0.29, 0.717) is 18.0 Å². The lowest BCUT2D eigenvalue weighted by Crippen LogP contribution is -2.54. The zero-order chi connectivity index (χ0) is 15.1. The number of hydrogen-bond donors (Lipinski definition) is 3. The maximum Gasteiger partial charge on any atom is 0.237 e. The van der Waals surface area contributed by atoms with Crippen molar-refractivity contribution < 1.29 is 9.90 Å². The fourth-order valence-corrected chi connectivity index (χ4v) is 2.63. The molecule has 5 nitrogen and oxygen atoms in total. The van der Waals surface area contributed by atoms with Gasteiger partial charge in [0.05, 0.1) is 6.04 Å². The molecule has 1 unspecified atom stereocenters.